The molecule has 2 heteroatoms. The van der Waals surface area contributed by atoms with Crippen LogP contribution in [0.3, 0.4) is 0 Å². The van der Waals surface area contributed by atoms with Gasteiger partial charge in [-0.2, -0.15) is 0 Å². The van der Waals surface area contributed by atoms with Gasteiger partial charge in [-0.3, -0.25) is 0 Å². The Hall–Kier alpha value is -5.60. The lowest BCUT2D eigenvalue weighted by molar-refractivity contribution is 0.632. The van der Waals surface area contributed by atoms with Crippen LogP contribution < -0.4 is 4.90 Å². The lowest BCUT2D eigenvalue weighted by Gasteiger charge is -2.42. The zero-order valence-electron chi connectivity index (χ0n) is 25.4. The molecule has 0 fully saturated rings. The molecule has 1 aromatic heterocycles. The number of rotatable bonds is 3. The molecule has 0 unspecified atom stereocenters. The highest BCUT2D eigenvalue weighted by atomic mass is 15.2. The van der Waals surface area contributed by atoms with Crippen LogP contribution in [-0.4, -0.2) is 4.57 Å². The fraction of sp³-hybridized carbons (Fsp3) is 0.0698. The van der Waals surface area contributed by atoms with Gasteiger partial charge in [0, 0.05) is 32.9 Å². The van der Waals surface area contributed by atoms with Crippen LogP contribution in [0.25, 0.3) is 49.4 Å². The van der Waals surface area contributed by atoms with Crippen LogP contribution in [-0.2, 0) is 5.41 Å². The Morgan fingerprint density at radius 2 is 1.09 bits per heavy atom. The highest BCUT2D eigenvalue weighted by Gasteiger charge is 2.37. The third-order valence-corrected chi connectivity index (χ3v) is 9.74. The van der Waals surface area contributed by atoms with Crippen LogP contribution in [0.1, 0.15) is 25.0 Å². The minimum Gasteiger partial charge on any atom is -0.310 e. The molecular formula is C43H32N2. The molecule has 0 saturated carbocycles. The summed E-state index contributed by atoms with van der Waals surface area (Å²) in [6.45, 7) is 4.72. The zero-order chi connectivity index (χ0) is 30.1. The molecule has 214 valence electrons. The Morgan fingerprint density at radius 3 is 1.91 bits per heavy atom. The van der Waals surface area contributed by atoms with Gasteiger partial charge in [0.05, 0.1) is 22.4 Å². The molecule has 0 radical (unpaired) electrons. The lowest BCUT2D eigenvalue weighted by Crippen LogP contribution is -2.30. The van der Waals surface area contributed by atoms with Gasteiger partial charge in [0.15, 0.2) is 0 Å². The van der Waals surface area contributed by atoms with Gasteiger partial charge in [-0.15, -0.1) is 0 Å². The Kier molecular flexibility index (Phi) is 5.58. The maximum Gasteiger partial charge on any atom is 0.0619 e. The van der Waals surface area contributed by atoms with Gasteiger partial charge >= 0.3 is 0 Å². The molecule has 0 atom stereocenters. The summed E-state index contributed by atoms with van der Waals surface area (Å²) in [5.74, 6) is 0. The summed E-state index contributed by atoms with van der Waals surface area (Å²) in [6.07, 6.45) is 0. The standard InChI is InChI=1S/C43H32N2/c1-43(2)37-19-11-12-20-40(37)44(32-14-5-3-6-15-32)41-26-23-31(28-38(41)43)30-22-25-39-36(27-30)35-24-21-29-13-9-10-18-34(29)42(35)45(39)33-16-7-4-8-17-33/h3-28H,1-2H3. The van der Waals surface area contributed by atoms with Crippen LogP contribution in [0.15, 0.2) is 158 Å². The second kappa shape index (κ2) is 9.70. The fourth-order valence-corrected chi connectivity index (χ4v) is 7.54. The van der Waals surface area contributed by atoms with Crippen LogP contribution in [0.2, 0.25) is 0 Å². The number of nitrogens with zero attached hydrogens (tertiary/aromatic N) is 2. The Balaban J connectivity index is 1.27. The van der Waals surface area contributed by atoms with E-state index in [4.69, 9.17) is 0 Å². The molecule has 2 heterocycles. The molecule has 0 saturated heterocycles. The number of benzene rings is 7. The monoisotopic (exact) mass is 576 g/mol. The SMILES string of the molecule is CC1(C)c2ccccc2N(c2ccccc2)c2ccc(-c3ccc4c(c3)c3ccc5ccccc5c3n4-c3ccccc3)cc21. The van der Waals surface area contributed by atoms with Gasteiger partial charge < -0.3 is 9.47 Å². The van der Waals surface area contributed by atoms with Crippen molar-refractivity contribution in [3.05, 3.63) is 169 Å². The number of hydrogen-bond donors (Lipinski definition) is 0. The molecule has 0 aliphatic carbocycles. The normalized spacial score (nSPS) is 13.7. The lowest BCUT2D eigenvalue weighted by atomic mass is 9.73. The minimum atomic E-state index is -0.153. The maximum absolute atomic E-state index is 2.43. The van der Waals surface area contributed by atoms with Crippen molar-refractivity contribution in [2.45, 2.75) is 19.3 Å². The molecule has 2 nitrogen and oxygen atoms in total. The van der Waals surface area contributed by atoms with Crippen molar-refractivity contribution in [1.82, 2.24) is 4.57 Å². The quantitative estimate of drug-likeness (QED) is 0.203. The number of anilines is 3. The molecule has 0 amide bonds. The summed E-state index contributed by atoms with van der Waals surface area (Å²) in [4.78, 5) is 2.42. The smallest absolute Gasteiger partial charge is 0.0619 e. The number of fused-ring (bicyclic) bond motifs is 7. The molecule has 9 rings (SSSR count). The van der Waals surface area contributed by atoms with Crippen LogP contribution in [0, 0.1) is 0 Å². The van der Waals surface area contributed by atoms with Crippen molar-refractivity contribution in [2.24, 2.45) is 0 Å². The highest BCUT2D eigenvalue weighted by Crippen LogP contribution is 2.52. The van der Waals surface area contributed by atoms with E-state index in [9.17, 15) is 0 Å². The van der Waals surface area contributed by atoms with E-state index in [1.807, 2.05) is 0 Å². The topological polar surface area (TPSA) is 8.17 Å². The van der Waals surface area contributed by atoms with Crippen molar-refractivity contribution < 1.29 is 0 Å². The Morgan fingerprint density at radius 1 is 0.444 bits per heavy atom. The Bertz CT molecular complexity index is 2400. The molecule has 0 N–H and O–H groups in total. The van der Waals surface area contributed by atoms with E-state index in [-0.39, 0.29) is 5.41 Å². The predicted octanol–water partition coefficient (Wildman–Crippen LogP) is 11.7. The van der Waals surface area contributed by atoms with Gasteiger partial charge in [-0.25, -0.2) is 0 Å². The van der Waals surface area contributed by atoms with Crippen molar-refractivity contribution in [3.8, 4) is 16.8 Å². The number of aromatic nitrogens is 1. The first-order chi connectivity index (χ1) is 22.1. The summed E-state index contributed by atoms with van der Waals surface area (Å²) in [5, 5.41) is 5.07. The van der Waals surface area contributed by atoms with E-state index in [0.29, 0.717) is 0 Å². The second-order valence-electron chi connectivity index (χ2n) is 12.6. The summed E-state index contributed by atoms with van der Waals surface area (Å²) < 4.78 is 2.43. The molecule has 8 aromatic rings. The summed E-state index contributed by atoms with van der Waals surface area (Å²) >= 11 is 0. The van der Waals surface area contributed by atoms with E-state index in [2.05, 4.69) is 181 Å². The molecular weight excluding hydrogens is 544 g/mol. The van der Waals surface area contributed by atoms with Crippen molar-refractivity contribution in [2.75, 3.05) is 4.90 Å². The van der Waals surface area contributed by atoms with Crippen LogP contribution in [0.5, 0.6) is 0 Å². The summed E-state index contributed by atoms with van der Waals surface area (Å²) in [5.41, 5.74) is 12.3. The highest BCUT2D eigenvalue weighted by molar-refractivity contribution is 6.19. The minimum absolute atomic E-state index is 0.153. The fourth-order valence-electron chi connectivity index (χ4n) is 7.54. The van der Waals surface area contributed by atoms with Crippen molar-refractivity contribution in [3.63, 3.8) is 0 Å². The Labute approximate surface area is 263 Å². The molecule has 1 aliphatic rings. The second-order valence-corrected chi connectivity index (χ2v) is 12.6. The van der Waals surface area contributed by atoms with Crippen LogP contribution in [0.4, 0.5) is 17.1 Å². The van der Waals surface area contributed by atoms with Crippen molar-refractivity contribution >= 4 is 49.6 Å². The maximum atomic E-state index is 2.43. The largest absolute Gasteiger partial charge is 0.310 e. The molecule has 0 bridgehead atoms. The van der Waals surface area contributed by atoms with E-state index < -0.39 is 0 Å². The zero-order valence-corrected chi connectivity index (χ0v) is 25.4. The summed E-state index contributed by atoms with van der Waals surface area (Å²) in [7, 11) is 0. The average molecular weight is 577 g/mol. The average Bonchev–Trinajstić information content (AvgIpc) is 3.43. The molecule has 7 aromatic carbocycles. The van der Waals surface area contributed by atoms with Gasteiger partial charge in [-0.1, -0.05) is 117 Å². The first-order valence-electron chi connectivity index (χ1n) is 15.7. The molecule has 0 spiro atoms. The van der Waals surface area contributed by atoms with Crippen LogP contribution >= 0.6 is 0 Å². The van der Waals surface area contributed by atoms with E-state index >= 15 is 0 Å². The predicted molar refractivity (Wildman–Crippen MR) is 191 cm³/mol. The van der Waals surface area contributed by atoms with E-state index in [0.717, 1.165) is 0 Å². The van der Waals surface area contributed by atoms with E-state index in [1.165, 1.54) is 77.6 Å². The van der Waals surface area contributed by atoms with Gasteiger partial charge in [0.25, 0.3) is 0 Å². The van der Waals surface area contributed by atoms with Crippen molar-refractivity contribution in [1.29, 1.82) is 0 Å². The van der Waals surface area contributed by atoms with Gasteiger partial charge in [0.1, 0.15) is 0 Å². The van der Waals surface area contributed by atoms with Gasteiger partial charge in [0.2, 0.25) is 0 Å². The first-order valence-corrected chi connectivity index (χ1v) is 15.7. The third kappa shape index (κ3) is 3.82. The number of para-hydroxylation sites is 3. The number of hydrogen-bond acceptors (Lipinski definition) is 1. The third-order valence-electron chi connectivity index (χ3n) is 9.74. The first kappa shape index (κ1) is 25.9. The molecule has 1 aliphatic heterocycles. The summed E-state index contributed by atoms with van der Waals surface area (Å²) in [6, 6.07) is 57.6. The molecule has 45 heavy (non-hydrogen) atoms. The van der Waals surface area contributed by atoms with Gasteiger partial charge in [-0.05, 0) is 82.2 Å². The van der Waals surface area contributed by atoms with E-state index in [1.54, 1.807) is 0 Å².